The third kappa shape index (κ3) is 5.32. The lowest BCUT2D eigenvalue weighted by Crippen LogP contribution is -2.12. The first-order chi connectivity index (χ1) is 4.16. The van der Waals surface area contributed by atoms with Crippen LogP contribution in [0.4, 0.5) is 0 Å². The zero-order valence-electron chi connectivity index (χ0n) is 5.96. The van der Waals surface area contributed by atoms with Gasteiger partial charge in [0.25, 0.3) is 0 Å². The molecule has 0 rings (SSSR count). The summed E-state index contributed by atoms with van der Waals surface area (Å²) < 4.78 is 0. The van der Waals surface area contributed by atoms with E-state index in [-0.39, 0.29) is 6.54 Å². The van der Waals surface area contributed by atoms with Gasteiger partial charge in [0, 0.05) is 0 Å². The Hall–Kier alpha value is -0.550. The van der Waals surface area contributed by atoms with Crippen molar-refractivity contribution < 1.29 is 5.11 Å². The van der Waals surface area contributed by atoms with Gasteiger partial charge in [0.2, 0.25) is 6.54 Å². The molecule has 0 aromatic heterocycles. The summed E-state index contributed by atoms with van der Waals surface area (Å²) in [7, 11) is 0. The summed E-state index contributed by atoms with van der Waals surface area (Å²) >= 11 is 0. The standard InChI is InChI=1S/C7H13NO/c1-6(2)4-7(9)5-8-3/h6-7,9H,4-5H2,1-2H3/t7-/m0/s1. The van der Waals surface area contributed by atoms with Crippen molar-refractivity contribution in [2.75, 3.05) is 6.54 Å². The zero-order chi connectivity index (χ0) is 7.28. The summed E-state index contributed by atoms with van der Waals surface area (Å²) in [6, 6.07) is 0. The van der Waals surface area contributed by atoms with Gasteiger partial charge in [0.1, 0.15) is 6.10 Å². The number of hydrogen-bond acceptors (Lipinski definition) is 1. The first-order valence-corrected chi connectivity index (χ1v) is 3.18. The molecule has 0 aliphatic carbocycles. The summed E-state index contributed by atoms with van der Waals surface area (Å²) in [6.07, 6.45) is 0.324. The molecule has 0 aromatic rings. The fourth-order valence-electron chi connectivity index (χ4n) is 0.724. The van der Waals surface area contributed by atoms with Crippen LogP contribution < -0.4 is 0 Å². The molecule has 0 unspecified atom stereocenters. The average Bonchev–Trinajstić information content (AvgIpc) is 1.63. The minimum absolute atomic E-state index is 0.248. The molecule has 0 bridgehead atoms. The van der Waals surface area contributed by atoms with Gasteiger partial charge in [-0.3, -0.25) is 0 Å². The normalized spacial score (nSPS) is 13.2. The van der Waals surface area contributed by atoms with E-state index in [0.29, 0.717) is 5.92 Å². The zero-order valence-corrected chi connectivity index (χ0v) is 5.96. The van der Waals surface area contributed by atoms with E-state index in [4.69, 9.17) is 11.7 Å². The Kier molecular flexibility index (Phi) is 4.08. The highest BCUT2D eigenvalue weighted by molar-refractivity contribution is 4.69. The van der Waals surface area contributed by atoms with Gasteiger partial charge in [0.05, 0.1) is 0 Å². The Morgan fingerprint density at radius 2 is 2.11 bits per heavy atom. The largest absolute Gasteiger partial charge is 0.385 e. The van der Waals surface area contributed by atoms with Gasteiger partial charge in [-0.05, 0) is 12.3 Å². The Bertz CT molecular complexity index is 104. The van der Waals surface area contributed by atoms with Crippen LogP contribution in [0.5, 0.6) is 0 Å². The predicted octanol–water partition coefficient (Wildman–Crippen LogP) is 1.31. The topological polar surface area (TPSA) is 24.6 Å². The highest BCUT2D eigenvalue weighted by atomic mass is 16.3. The van der Waals surface area contributed by atoms with Crippen molar-refractivity contribution in [1.82, 2.24) is 0 Å². The van der Waals surface area contributed by atoms with Crippen LogP contribution in [0, 0.1) is 12.5 Å². The molecule has 9 heavy (non-hydrogen) atoms. The predicted molar refractivity (Wildman–Crippen MR) is 36.9 cm³/mol. The fourth-order valence-corrected chi connectivity index (χ4v) is 0.724. The van der Waals surface area contributed by atoms with Crippen molar-refractivity contribution >= 4 is 0 Å². The van der Waals surface area contributed by atoms with Gasteiger partial charge in [-0.15, -0.1) is 0 Å². The van der Waals surface area contributed by atoms with E-state index in [2.05, 4.69) is 4.85 Å². The van der Waals surface area contributed by atoms with E-state index in [1.807, 2.05) is 13.8 Å². The average molecular weight is 127 g/mol. The molecule has 2 nitrogen and oxygen atoms in total. The number of aliphatic hydroxyl groups excluding tert-OH is 1. The molecule has 0 saturated heterocycles. The second-order valence-electron chi connectivity index (χ2n) is 2.62. The molecule has 0 fully saturated rings. The number of nitrogens with zero attached hydrogens (tertiary/aromatic N) is 1. The Morgan fingerprint density at radius 1 is 1.56 bits per heavy atom. The Balaban J connectivity index is 3.29. The van der Waals surface area contributed by atoms with Crippen molar-refractivity contribution in [3.63, 3.8) is 0 Å². The van der Waals surface area contributed by atoms with Crippen LogP contribution >= 0.6 is 0 Å². The highest BCUT2D eigenvalue weighted by Gasteiger charge is 2.07. The molecular formula is C7H13NO. The molecule has 0 heterocycles. The lowest BCUT2D eigenvalue weighted by Gasteiger charge is -2.05. The van der Waals surface area contributed by atoms with Crippen LogP contribution in [0.25, 0.3) is 4.85 Å². The Morgan fingerprint density at radius 3 is 2.44 bits per heavy atom. The molecule has 0 amide bonds. The molecule has 0 radical (unpaired) electrons. The monoisotopic (exact) mass is 127 g/mol. The maximum absolute atomic E-state index is 9.01. The third-order valence-corrected chi connectivity index (χ3v) is 1.05. The minimum atomic E-state index is -0.414. The van der Waals surface area contributed by atoms with Crippen LogP contribution in [-0.4, -0.2) is 17.8 Å². The van der Waals surface area contributed by atoms with Gasteiger partial charge < -0.3 is 9.95 Å². The van der Waals surface area contributed by atoms with Crippen molar-refractivity contribution in [2.45, 2.75) is 26.4 Å². The van der Waals surface area contributed by atoms with Gasteiger partial charge in [-0.1, -0.05) is 13.8 Å². The van der Waals surface area contributed by atoms with Gasteiger partial charge >= 0.3 is 0 Å². The number of rotatable bonds is 3. The lowest BCUT2D eigenvalue weighted by atomic mass is 10.1. The van der Waals surface area contributed by atoms with E-state index in [9.17, 15) is 0 Å². The van der Waals surface area contributed by atoms with Crippen molar-refractivity contribution in [3.05, 3.63) is 11.4 Å². The van der Waals surface area contributed by atoms with Crippen molar-refractivity contribution in [2.24, 2.45) is 5.92 Å². The van der Waals surface area contributed by atoms with Crippen LogP contribution in [0.3, 0.4) is 0 Å². The summed E-state index contributed by atoms with van der Waals surface area (Å²) in [5, 5.41) is 9.01. The minimum Gasteiger partial charge on any atom is -0.385 e. The maximum atomic E-state index is 9.01. The molecule has 0 aromatic carbocycles. The molecule has 1 N–H and O–H groups in total. The Labute approximate surface area is 56.3 Å². The molecule has 1 atom stereocenters. The maximum Gasteiger partial charge on any atom is 0.240 e. The molecule has 2 heteroatoms. The first-order valence-electron chi connectivity index (χ1n) is 3.18. The van der Waals surface area contributed by atoms with E-state index in [1.54, 1.807) is 0 Å². The molecule has 0 saturated carbocycles. The second-order valence-corrected chi connectivity index (χ2v) is 2.62. The van der Waals surface area contributed by atoms with Crippen LogP contribution in [0.15, 0.2) is 0 Å². The molecule has 52 valence electrons. The van der Waals surface area contributed by atoms with Gasteiger partial charge in [0.15, 0.2) is 0 Å². The van der Waals surface area contributed by atoms with Gasteiger partial charge in [-0.25, -0.2) is 6.57 Å². The highest BCUT2D eigenvalue weighted by Crippen LogP contribution is 2.03. The summed E-state index contributed by atoms with van der Waals surface area (Å²) in [5.41, 5.74) is 0. The van der Waals surface area contributed by atoms with Crippen LogP contribution in [0.2, 0.25) is 0 Å². The quantitative estimate of drug-likeness (QED) is 0.568. The third-order valence-electron chi connectivity index (χ3n) is 1.05. The lowest BCUT2D eigenvalue weighted by molar-refractivity contribution is 0.164. The molecule has 0 spiro atoms. The van der Waals surface area contributed by atoms with Crippen molar-refractivity contribution in [1.29, 1.82) is 0 Å². The molecule has 0 aliphatic rings. The SMILES string of the molecule is [C-]#[N+]C[C@@H](O)CC(C)C. The first kappa shape index (κ1) is 8.45. The van der Waals surface area contributed by atoms with E-state index < -0.39 is 6.10 Å². The van der Waals surface area contributed by atoms with E-state index in [1.165, 1.54) is 0 Å². The number of hydrogen-bond donors (Lipinski definition) is 1. The van der Waals surface area contributed by atoms with Gasteiger partial charge in [-0.2, -0.15) is 0 Å². The molecular weight excluding hydrogens is 114 g/mol. The second kappa shape index (κ2) is 4.34. The summed E-state index contributed by atoms with van der Waals surface area (Å²) in [5.74, 6) is 0.488. The van der Waals surface area contributed by atoms with Crippen molar-refractivity contribution in [3.8, 4) is 0 Å². The summed E-state index contributed by atoms with van der Waals surface area (Å²) in [6.45, 7) is 10.8. The van der Waals surface area contributed by atoms with Crippen LogP contribution in [0.1, 0.15) is 20.3 Å². The smallest absolute Gasteiger partial charge is 0.240 e. The van der Waals surface area contributed by atoms with E-state index >= 15 is 0 Å². The fraction of sp³-hybridized carbons (Fsp3) is 0.857. The molecule has 0 aliphatic heterocycles. The van der Waals surface area contributed by atoms with Crippen LogP contribution in [-0.2, 0) is 0 Å². The number of aliphatic hydroxyl groups is 1. The summed E-state index contributed by atoms with van der Waals surface area (Å²) in [4.78, 5) is 3.09. The van der Waals surface area contributed by atoms with E-state index in [0.717, 1.165) is 6.42 Å².